The molecule has 0 radical (unpaired) electrons. The smallest absolute Gasteiger partial charge is 0.326 e. The molecule has 0 aliphatic rings. The predicted octanol–water partition coefficient (Wildman–Crippen LogP) is 4.63. The summed E-state index contributed by atoms with van der Waals surface area (Å²) < 4.78 is 0. The summed E-state index contributed by atoms with van der Waals surface area (Å²) in [5.74, 6) is -1.42. The van der Waals surface area contributed by atoms with Crippen molar-refractivity contribution in [2.24, 2.45) is 5.73 Å². The molecule has 5 heteroatoms. The fraction of sp³-hybridized carbons (Fsp3) is 0.714. The van der Waals surface area contributed by atoms with Crippen molar-refractivity contribution >= 4 is 11.9 Å². The number of hydrogen-bond donors (Lipinski definition) is 2. The van der Waals surface area contributed by atoms with E-state index in [0.717, 1.165) is 6.42 Å². The highest BCUT2D eigenvalue weighted by Crippen LogP contribution is 2.11. The van der Waals surface area contributed by atoms with Crippen LogP contribution in [0.3, 0.4) is 0 Å². The Morgan fingerprint density at radius 1 is 1.00 bits per heavy atom. The molecule has 0 fully saturated rings. The molecule has 1 unspecified atom stereocenters. The number of carboxylic acids is 1. The van der Waals surface area contributed by atoms with Gasteiger partial charge in [0.2, 0.25) is 5.91 Å². The van der Waals surface area contributed by atoms with Crippen molar-refractivity contribution in [1.29, 1.82) is 0 Å². The summed E-state index contributed by atoms with van der Waals surface area (Å²) >= 11 is 0. The third kappa shape index (κ3) is 14.6. The molecule has 3 N–H and O–H groups in total. The minimum Gasteiger partial charge on any atom is -0.480 e. The Labute approximate surface area is 159 Å². The van der Waals surface area contributed by atoms with E-state index in [-0.39, 0.29) is 12.8 Å². The van der Waals surface area contributed by atoms with Crippen molar-refractivity contribution in [3.63, 3.8) is 0 Å². The summed E-state index contributed by atoms with van der Waals surface area (Å²) in [6.45, 7) is 2.25. The van der Waals surface area contributed by atoms with Crippen molar-refractivity contribution < 1.29 is 14.7 Å². The summed E-state index contributed by atoms with van der Waals surface area (Å²) in [6, 6.07) is -0.732. The van der Waals surface area contributed by atoms with Gasteiger partial charge in [0.05, 0.1) is 0 Å². The normalized spacial score (nSPS) is 12.7. The van der Waals surface area contributed by atoms with Gasteiger partial charge in [0.25, 0.3) is 0 Å². The topological polar surface area (TPSA) is 83.6 Å². The van der Waals surface area contributed by atoms with E-state index in [0.29, 0.717) is 0 Å². The average Bonchev–Trinajstić information content (AvgIpc) is 2.58. The molecule has 0 aliphatic carbocycles. The van der Waals surface area contributed by atoms with Crippen LogP contribution in [0.25, 0.3) is 0 Å². The molecule has 0 heterocycles. The first-order valence-corrected chi connectivity index (χ1v) is 10.0. The maximum absolute atomic E-state index is 11.2. The lowest BCUT2D eigenvalue weighted by molar-refractivity contribution is -0.142. The number of aliphatic carboxylic acids is 1. The van der Waals surface area contributed by atoms with Crippen molar-refractivity contribution in [3.8, 4) is 0 Å². The fourth-order valence-electron chi connectivity index (χ4n) is 2.82. The molecule has 0 aliphatic heterocycles. The van der Waals surface area contributed by atoms with Gasteiger partial charge in [-0.3, -0.25) is 4.79 Å². The van der Waals surface area contributed by atoms with Crippen LogP contribution in [0.1, 0.15) is 84.0 Å². The predicted molar refractivity (Wildman–Crippen MR) is 108 cm³/mol. The zero-order valence-corrected chi connectivity index (χ0v) is 16.7. The van der Waals surface area contributed by atoms with Gasteiger partial charge < -0.3 is 15.7 Å². The zero-order valence-electron chi connectivity index (χ0n) is 16.7. The summed E-state index contributed by atoms with van der Waals surface area (Å²) in [7, 11) is 1.70. The largest absolute Gasteiger partial charge is 0.480 e. The first-order valence-electron chi connectivity index (χ1n) is 10.0. The summed E-state index contributed by atoms with van der Waals surface area (Å²) in [4.78, 5) is 23.7. The second-order valence-electron chi connectivity index (χ2n) is 6.91. The number of nitrogens with two attached hydrogens (primary N) is 1. The summed E-state index contributed by atoms with van der Waals surface area (Å²) in [5, 5.41) is 9.21. The Balaban J connectivity index is 3.81. The fourth-order valence-corrected chi connectivity index (χ4v) is 2.82. The highest BCUT2D eigenvalue weighted by molar-refractivity contribution is 5.77. The number of allylic oxidation sites excluding steroid dienone is 3. The van der Waals surface area contributed by atoms with Crippen LogP contribution in [-0.4, -0.2) is 35.0 Å². The van der Waals surface area contributed by atoms with Gasteiger partial charge in [-0.25, -0.2) is 4.79 Å². The molecule has 5 nitrogen and oxygen atoms in total. The molecule has 0 spiro atoms. The number of nitrogens with zero attached hydrogens (tertiary/aromatic N) is 1. The van der Waals surface area contributed by atoms with Crippen LogP contribution in [0, 0.1) is 0 Å². The van der Waals surface area contributed by atoms with E-state index < -0.39 is 17.9 Å². The molecule has 0 aromatic carbocycles. The van der Waals surface area contributed by atoms with E-state index >= 15 is 0 Å². The lowest BCUT2D eigenvalue weighted by atomic mass is 10.1. The summed E-state index contributed by atoms with van der Waals surface area (Å²) in [6.07, 6.45) is 20.9. The van der Waals surface area contributed by atoms with Crippen molar-refractivity contribution in [2.45, 2.75) is 90.0 Å². The monoisotopic (exact) mass is 366 g/mol. The van der Waals surface area contributed by atoms with Gasteiger partial charge in [-0.15, -0.1) is 0 Å². The SMILES string of the molecule is CCCCCCCCCCCC=CC=CN(C)C(CCC(N)=O)C(=O)O. The number of likely N-dealkylation sites (N-methyl/N-ethyl adjacent to an activating group) is 1. The van der Waals surface area contributed by atoms with Crippen LogP contribution in [0.4, 0.5) is 0 Å². The first-order chi connectivity index (χ1) is 12.5. The van der Waals surface area contributed by atoms with Gasteiger partial charge in [-0.1, -0.05) is 70.4 Å². The van der Waals surface area contributed by atoms with E-state index in [2.05, 4.69) is 13.0 Å². The van der Waals surface area contributed by atoms with E-state index in [4.69, 9.17) is 5.73 Å². The van der Waals surface area contributed by atoms with Gasteiger partial charge >= 0.3 is 5.97 Å². The third-order valence-electron chi connectivity index (χ3n) is 4.48. The second kappa shape index (κ2) is 16.7. The molecule has 0 bridgehead atoms. The van der Waals surface area contributed by atoms with Gasteiger partial charge in [0.1, 0.15) is 6.04 Å². The van der Waals surface area contributed by atoms with Gasteiger partial charge in [-0.2, -0.15) is 0 Å². The highest BCUT2D eigenvalue weighted by Gasteiger charge is 2.20. The number of primary amides is 1. The first kappa shape index (κ1) is 24.2. The Morgan fingerprint density at radius 2 is 1.58 bits per heavy atom. The molecule has 26 heavy (non-hydrogen) atoms. The number of carboxylic acid groups (broad SMARTS) is 1. The lowest BCUT2D eigenvalue weighted by Crippen LogP contribution is -2.35. The van der Waals surface area contributed by atoms with Crippen molar-refractivity contribution in [3.05, 3.63) is 24.4 Å². The van der Waals surface area contributed by atoms with Gasteiger partial charge in [-0.05, 0) is 31.5 Å². The average molecular weight is 367 g/mol. The van der Waals surface area contributed by atoms with Crippen molar-refractivity contribution in [2.75, 3.05) is 7.05 Å². The van der Waals surface area contributed by atoms with Crippen LogP contribution >= 0.6 is 0 Å². The highest BCUT2D eigenvalue weighted by atomic mass is 16.4. The number of hydrogen-bond acceptors (Lipinski definition) is 3. The zero-order chi connectivity index (χ0) is 19.6. The summed E-state index contributed by atoms with van der Waals surface area (Å²) in [5.41, 5.74) is 5.09. The molecular weight excluding hydrogens is 328 g/mol. The number of unbranched alkanes of at least 4 members (excludes halogenated alkanes) is 9. The number of rotatable bonds is 17. The van der Waals surface area contributed by atoms with E-state index in [1.54, 1.807) is 18.1 Å². The molecule has 150 valence electrons. The van der Waals surface area contributed by atoms with Crippen LogP contribution < -0.4 is 5.73 Å². The maximum Gasteiger partial charge on any atom is 0.326 e. The van der Waals surface area contributed by atoms with Gasteiger partial charge in [0, 0.05) is 13.5 Å². The number of carbonyl (C=O) groups excluding carboxylic acids is 1. The van der Waals surface area contributed by atoms with E-state index in [9.17, 15) is 14.7 Å². The molecule has 1 atom stereocenters. The molecule has 1 amide bonds. The molecular formula is C21H38N2O3. The number of amides is 1. The maximum atomic E-state index is 11.2. The molecule has 0 rings (SSSR count). The Hall–Kier alpha value is -1.78. The molecule has 0 aromatic heterocycles. The second-order valence-corrected chi connectivity index (χ2v) is 6.91. The number of carbonyl (C=O) groups is 2. The molecule has 0 saturated heterocycles. The van der Waals surface area contributed by atoms with Crippen LogP contribution in [0.2, 0.25) is 0 Å². The lowest BCUT2D eigenvalue weighted by Gasteiger charge is -2.22. The Morgan fingerprint density at radius 3 is 2.12 bits per heavy atom. The quantitative estimate of drug-likeness (QED) is 0.290. The Bertz CT molecular complexity index is 433. The molecule has 0 aromatic rings. The minimum absolute atomic E-state index is 0.0730. The Kier molecular flexibility index (Phi) is 15.5. The van der Waals surface area contributed by atoms with Gasteiger partial charge in [0.15, 0.2) is 0 Å². The van der Waals surface area contributed by atoms with Crippen molar-refractivity contribution in [1.82, 2.24) is 4.90 Å². The molecule has 0 saturated carbocycles. The van der Waals surface area contributed by atoms with E-state index in [1.165, 1.54) is 57.8 Å². The van der Waals surface area contributed by atoms with Crippen LogP contribution in [0.15, 0.2) is 24.4 Å². The van der Waals surface area contributed by atoms with Crippen LogP contribution in [0.5, 0.6) is 0 Å². The minimum atomic E-state index is -0.947. The third-order valence-corrected chi connectivity index (χ3v) is 4.48. The van der Waals surface area contributed by atoms with E-state index in [1.807, 2.05) is 12.2 Å². The standard InChI is InChI=1S/C21H38N2O3/c1-3-4-5-6-7-8-9-10-11-12-13-14-15-18-23(2)19(21(25)26)16-17-20(22)24/h13-15,18-19H,3-12,16-17H2,1-2H3,(H2,22,24)(H,25,26). The van der Waals surface area contributed by atoms with Crippen LogP contribution in [-0.2, 0) is 9.59 Å².